The van der Waals surface area contributed by atoms with E-state index in [0.29, 0.717) is 5.82 Å². The molecule has 0 aliphatic heterocycles. The third-order valence-electron chi connectivity index (χ3n) is 3.26. The second-order valence-corrected chi connectivity index (χ2v) is 5.89. The molecule has 0 radical (unpaired) electrons. The predicted molar refractivity (Wildman–Crippen MR) is 95.4 cm³/mol. The Bertz CT molecular complexity index is 826. The van der Waals surface area contributed by atoms with Crippen molar-refractivity contribution in [1.29, 1.82) is 0 Å². The third kappa shape index (κ3) is 4.17. The van der Waals surface area contributed by atoms with Crippen molar-refractivity contribution in [3.8, 4) is 11.1 Å². The highest BCUT2D eigenvalue weighted by atomic mass is 79.9. The van der Waals surface area contributed by atoms with Gasteiger partial charge in [-0.1, -0.05) is 36.4 Å². The predicted octanol–water partition coefficient (Wildman–Crippen LogP) is 4.65. The first-order valence-electron chi connectivity index (χ1n) is 7.26. The minimum absolute atomic E-state index is 0.200. The zero-order valence-corrected chi connectivity index (χ0v) is 14.2. The van der Waals surface area contributed by atoms with E-state index in [1.807, 2.05) is 48.5 Å². The highest BCUT2D eigenvalue weighted by Crippen LogP contribution is 2.28. The molecule has 24 heavy (non-hydrogen) atoms. The van der Waals surface area contributed by atoms with E-state index in [-0.39, 0.29) is 6.61 Å². The van der Waals surface area contributed by atoms with Crippen LogP contribution in [0, 0.1) is 0 Å². The molecule has 0 fully saturated rings. The molecule has 1 amide bonds. The second kappa shape index (κ2) is 7.70. The normalized spacial score (nSPS) is 10.2. The highest BCUT2D eigenvalue weighted by Gasteiger charge is 2.12. The summed E-state index contributed by atoms with van der Waals surface area (Å²) in [6, 6.07) is 15.1. The van der Waals surface area contributed by atoms with E-state index in [1.165, 1.54) is 0 Å². The number of hydrogen-bond acceptors (Lipinski definition) is 4. The summed E-state index contributed by atoms with van der Waals surface area (Å²) >= 11 is 3.39. The van der Waals surface area contributed by atoms with Gasteiger partial charge in [-0.05, 0) is 33.6 Å². The molecule has 0 saturated carbocycles. The molecular formula is C18H14BrN3O2. The van der Waals surface area contributed by atoms with Crippen LogP contribution in [0.25, 0.3) is 11.1 Å². The van der Waals surface area contributed by atoms with Crippen molar-refractivity contribution in [2.24, 2.45) is 0 Å². The standard InChI is InChI=1S/C18H14BrN3O2/c19-15-9-16(14-7-4-8-20-10-14)17(21-11-15)22-18(23)24-12-13-5-2-1-3-6-13/h1-11H,12H2,(H,21,22,23). The number of hydrogen-bond donors (Lipinski definition) is 1. The Morgan fingerprint density at radius 2 is 1.96 bits per heavy atom. The fraction of sp³-hybridized carbons (Fsp3) is 0.0556. The maximum atomic E-state index is 12.1. The SMILES string of the molecule is O=C(Nc1ncc(Br)cc1-c1cccnc1)OCc1ccccc1. The fourth-order valence-corrected chi connectivity index (χ4v) is 2.47. The smallest absolute Gasteiger partial charge is 0.413 e. The molecule has 0 aliphatic rings. The van der Waals surface area contributed by atoms with Gasteiger partial charge in [0, 0.05) is 34.2 Å². The Labute approximate surface area is 147 Å². The van der Waals surface area contributed by atoms with Crippen LogP contribution in [0.5, 0.6) is 0 Å². The molecule has 1 N–H and O–H groups in total. The zero-order chi connectivity index (χ0) is 16.8. The largest absolute Gasteiger partial charge is 0.444 e. The first-order chi connectivity index (χ1) is 11.7. The summed E-state index contributed by atoms with van der Waals surface area (Å²) < 4.78 is 6.05. The molecule has 0 saturated heterocycles. The third-order valence-corrected chi connectivity index (χ3v) is 3.69. The van der Waals surface area contributed by atoms with Crippen molar-refractivity contribution >= 4 is 27.8 Å². The summed E-state index contributed by atoms with van der Waals surface area (Å²) in [5.41, 5.74) is 2.53. The lowest BCUT2D eigenvalue weighted by atomic mass is 10.1. The van der Waals surface area contributed by atoms with E-state index in [2.05, 4.69) is 31.2 Å². The molecule has 6 heteroatoms. The Morgan fingerprint density at radius 1 is 1.12 bits per heavy atom. The van der Waals surface area contributed by atoms with Gasteiger partial charge in [-0.15, -0.1) is 0 Å². The summed E-state index contributed by atoms with van der Waals surface area (Å²) in [7, 11) is 0. The van der Waals surface area contributed by atoms with E-state index in [1.54, 1.807) is 18.6 Å². The molecule has 2 heterocycles. The molecule has 5 nitrogen and oxygen atoms in total. The number of benzene rings is 1. The quantitative estimate of drug-likeness (QED) is 0.711. The van der Waals surface area contributed by atoms with Gasteiger partial charge >= 0.3 is 6.09 Å². The van der Waals surface area contributed by atoms with Crippen molar-refractivity contribution in [2.75, 3.05) is 5.32 Å². The maximum Gasteiger partial charge on any atom is 0.413 e. The monoisotopic (exact) mass is 383 g/mol. The van der Waals surface area contributed by atoms with E-state index in [0.717, 1.165) is 21.2 Å². The summed E-state index contributed by atoms with van der Waals surface area (Å²) in [6.07, 6.45) is 4.46. The van der Waals surface area contributed by atoms with Gasteiger partial charge in [0.1, 0.15) is 12.4 Å². The van der Waals surface area contributed by atoms with Crippen LogP contribution in [-0.4, -0.2) is 16.1 Å². The van der Waals surface area contributed by atoms with E-state index in [9.17, 15) is 4.79 Å². The lowest BCUT2D eigenvalue weighted by molar-refractivity contribution is 0.155. The Balaban J connectivity index is 1.74. The highest BCUT2D eigenvalue weighted by molar-refractivity contribution is 9.10. The molecule has 0 atom stereocenters. The first-order valence-corrected chi connectivity index (χ1v) is 8.05. The number of nitrogens with one attached hydrogen (secondary N) is 1. The molecule has 0 unspecified atom stereocenters. The van der Waals surface area contributed by atoms with Crippen molar-refractivity contribution in [2.45, 2.75) is 6.61 Å². The van der Waals surface area contributed by atoms with Crippen molar-refractivity contribution in [3.63, 3.8) is 0 Å². The van der Waals surface area contributed by atoms with Gasteiger partial charge in [0.2, 0.25) is 0 Å². The van der Waals surface area contributed by atoms with E-state index >= 15 is 0 Å². The minimum Gasteiger partial charge on any atom is -0.444 e. The van der Waals surface area contributed by atoms with E-state index in [4.69, 9.17) is 4.74 Å². The van der Waals surface area contributed by atoms with Gasteiger partial charge in [0.15, 0.2) is 0 Å². The number of carbonyl (C=O) groups is 1. The number of aromatic nitrogens is 2. The number of anilines is 1. The van der Waals surface area contributed by atoms with Crippen molar-refractivity contribution < 1.29 is 9.53 Å². The molecule has 120 valence electrons. The van der Waals surface area contributed by atoms with E-state index < -0.39 is 6.09 Å². The second-order valence-electron chi connectivity index (χ2n) is 4.98. The van der Waals surface area contributed by atoms with Crippen LogP contribution in [0.2, 0.25) is 0 Å². The fourth-order valence-electron chi connectivity index (χ4n) is 2.14. The van der Waals surface area contributed by atoms with Gasteiger partial charge in [-0.2, -0.15) is 0 Å². The Hall–Kier alpha value is -2.73. The number of amides is 1. The van der Waals surface area contributed by atoms with Crippen LogP contribution >= 0.6 is 15.9 Å². The number of rotatable bonds is 4. The summed E-state index contributed by atoms with van der Waals surface area (Å²) in [5.74, 6) is 0.421. The van der Waals surface area contributed by atoms with Gasteiger partial charge in [0.25, 0.3) is 0 Å². The van der Waals surface area contributed by atoms with Crippen LogP contribution in [0.4, 0.5) is 10.6 Å². The Morgan fingerprint density at radius 3 is 2.71 bits per heavy atom. The lowest BCUT2D eigenvalue weighted by Crippen LogP contribution is -2.15. The lowest BCUT2D eigenvalue weighted by Gasteiger charge is -2.11. The van der Waals surface area contributed by atoms with Crippen LogP contribution in [0.3, 0.4) is 0 Å². The summed E-state index contributed by atoms with van der Waals surface area (Å²) in [4.78, 5) is 20.4. The average Bonchev–Trinajstić information content (AvgIpc) is 2.63. The van der Waals surface area contributed by atoms with Gasteiger partial charge in [0.05, 0.1) is 0 Å². The molecule has 0 spiro atoms. The molecule has 0 aliphatic carbocycles. The first kappa shape index (κ1) is 16.1. The summed E-state index contributed by atoms with van der Waals surface area (Å²) in [5, 5.41) is 2.69. The van der Waals surface area contributed by atoms with Gasteiger partial charge in [-0.3, -0.25) is 10.3 Å². The topological polar surface area (TPSA) is 64.1 Å². The number of ether oxygens (including phenoxy) is 1. The number of halogens is 1. The van der Waals surface area contributed by atoms with Crippen molar-refractivity contribution in [3.05, 3.63) is 77.2 Å². The number of nitrogens with zero attached hydrogens (tertiary/aromatic N) is 2. The van der Waals surface area contributed by atoms with Crippen LogP contribution in [0.15, 0.2) is 71.6 Å². The number of pyridine rings is 2. The molecular weight excluding hydrogens is 370 g/mol. The summed E-state index contributed by atoms with van der Waals surface area (Å²) in [6.45, 7) is 0.200. The molecule has 2 aromatic heterocycles. The minimum atomic E-state index is -0.557. The molecule has 3 rings (SSSR count). The zero-order valence-electron chi connectivity index (χ0n) is 12.6. The van der Waals surface area contributed by atoms with Crippen LogP contribution in [-0.2, 0) is 11.3 Å². The number of carbonyl (C=O) groups excluding carboxylic acids is 1. The van der Waals surface area contributed by atoms with Crippen molar-refractivity contribution in [1.82, 2.24) is 9.97 Å². The molecule has 0 bridgehead atoms. The van der Waals surface area contributed by atoms with Crippen LogP contribution in [0.1, 0.15) is 5.56 Å². The Kier molecular flexibility index (Phi) is 5.18. The molecule has 3 aromatic rings. The van der Waals surface area contributed by atoms with Gasteiger partial charge < -0.3 is 4.74 Å². The van der Waals surface area contributed by atoms with Crippen LogP contribution < -0.4 is 5.32 Å². The molecule has 1 aromatic carbocycles. The average molecular weight is 384 g/mol. The van der Waals surface area contributed by atoms with Gasteiger partial charge in [-0.25, -0.2) is 9.78 Å². The maximum absolute atomic E-state index is 12.1.